The summed E-state index contributed by atoms with van der Waals surface area (Å²) >= 11 is 1.34. The second-order valence-electron chi connectivity index (χ2n) is 11.1. The van der Waals surface area contributed by atoms with Gasteiger partial charge in [0.05, 0.1) is 17.4 Å². The molecule has 13 heteroatoms. The van der Waals surface area contributed by atoms with Crippen LogP contribution in [0.2, 0.25) is 0 Å². The highest BCUT2D eigenvalue weighted by atomic mass is 32.1. The number of primary amides is 1. The first-order valence-electron chi connectivity index (χ1n) is 13.8. The van der Waals surface area contributed by atoms with E-state index in [1.165, 1.54) is 29.5 Å². The SMILES string of the molecule is NC(=O)c1cc(F)c2nc(N3[C@H]4CC[C@H]3CC(OCc3c(-c5ccccc5OC(F)(F)F)noc3C3CC3)C4)sc2c1. The molecule has 2 aliphatic heterocycles. The molecule has 1 amide bonds. The van der Waals surface area contributed by atoms with Gasteiger partial charge in [-0.25, -0.2) is 9.37 Å². The molecule has 3 aliphatic rings. The Morgan fingerprint density at radius 2 is 1.86 bits per heavy atom. The molecular weight excluding hydrogens is 576 g/mol. The van der Waals surface area contributed by atoms with E-state index in [-0.39, 0.29) is 53.1 Å². The van der Waals surface area contributed by atoms with Crippen molar-refractivity contribution >= 4 is 32.6 Å². The Kier molecular flexibility index (Phi) is 6.61. The number of thiazole rings is 1. The summed E-state index contributed by atoms with van der Waals surface area (Å²) in [6.45, 7) is 0.150. The number of nitrogens with two attached hydrogens (primary N) is 1. The van der Waals surface area contributed by atoms with Crippen LogP contribution in [0.15, 0.2) is 40.9 Å². The number of hydrogen-bond acceptors (Lipinski definition) is 8. The molecule has 3 fully saturated rings. The normalized spacial score (nSPS) is 22.2. The number of carbonyl (C=O) groups is 1. The summed E-state index contributed by atoms with van der Waals surface area (Å²) in [6.07, 6.45) is 0.212. The minimum Gasteiger partial charge on any atom is -0.405 e. The van der Waals surface area contributed by atoms with Crippen LogP contribution in [0.5, 0.6) is 5.75 Å². The number of halogens is 4. The van der Waals surface area contributed by atoms with E-state index in [0.29, 0.717) is 39.7 Å². The fourth-order valence-corrected chi connectivity index (χ4v) is 7.38. The van der Waals surface area contributed by atoms with Gasteiger partial charge in [-0.15, -0.1) is 13.2 Å². The number of anilines is 1. The maximum atomic E-state index is 14.7. The maximum absolute atomic E-state index is 14.7. The summed E-state index contributed by atoms with van der Waals surface area (Å²) in [5.41, 5.74) is 6.82. The zero-order valence-electron chi connectivity index (χ0n) is 22.2. The van der Waals surface area contributed by atoms with Gasteiger partial charge < -0.3 is 24.6 Å². The third-order valence-electron chi connectivity index (χ3n) is 8.23. The van der Waals surface area contributed by atoms with Gasteiger partial charge in [-0.1, -0.05) is 28.6 Å². The monoisotopic (exact) mass is 602 g/mol. The van der Waals surface area contributed by atoms with Gasteiger partial charge in [-0.3, -0.25) is 4.79 Å². The Hall–Kier alpha value is -3.71. The van der Waals surface area contributed by atoms with Crippen molar-refractivity contribution in [2.24, 2.45) is 5.73 Å². The Balaban J connectivity index is 1.10. The number of ether oxygens (including phenoxy) is 2. The first-order valence-corrected chi connectivity index (χ1v) is 14.6. The number of hydrogen-bond donors (Lipinski definition) is 1. The molecule has 0 spiro atoms. The van der Waals surface area contributed by atoms with Crippen LogP contribution in [0.25, 0.3) is 21.5 Å². The van der Waals surface area contributed by atoms with Gasteiger partial charge in [-0.05, 0) is 62.8 Å². The summed E-state index contributed by atoms with van der Waals surface area (Å²) in [4.78, 5) is 18.4. The van der Waals surface area contributed by atoms with Crippen molar-refractivity contribution in [3.05, 3.63) is 59.1 Å². The molecule has 0 unspecified atom stereocenters. The first kappa shape index (κ1) is 27.1. The third kappa shape index (κ3) is 5.08. The largest absolute Gasteiger partial charge is 0.573 e. The Bertz CT molecular complexity index is 1650. The first-order chi connectivity index (χ1) is 20.1. The van der Waals surface area contributed by atoms with Gasteiger partial charge in [0.2, 0.25) is 5.91 Å². The number of carbonyl (C=O) groups excluding carboxylic acids is 1. The number of amides is 1. The second-order valence-corrected chi connectivity index (χ2v) is 12.1. The van der Waals surface area contributed by atoms with Gasteiger partial charge in [-0.2, -0.15) is 0 Å². The van der Waals surface area contributed by atoms with E-state index >= 15 is 0 Å². The molecule has 1 saturated carbocycles. The number of rotatable bonds is 8. The van der Waals surface area contributed by atoms with Crippen LogP contribution in [-0.2, 0) is 11.3 Å². The zero-order chi connectivity index (χ0) is 29.2. The summed E-state index contributed by atoms with van der Waals surface area (Å²) in [5, 5.41) is 4.87. The van der Waals surface area contributed by atoms with Crippen LogP contribution in [-0.4, -0.2) is 40.6 Å². The maximum Gasteiger partial charge on any atom is 0.573 e. The van der Waals surface area contributed by atoms with E-state index in [1.54, 1.807) is 12.1 Å². The molecule has 4 heterocycles. The van der Waals surface area contributed by atoms with Crippen LogP contribution in [0.3, 0.4) is 0 Å². The van der Waals surface area contributed by atoms with Gasteiger partial charge >= 0.3 is 6.36 Å². The molecule has 2 bridgehead atoms. The van der Waals surface area contributed by atoms with Crippen molar-refractivity contribution in [2.75, 3.05) is 4.90 Å². The molecule has 1 aliphatic carbocycles. The molecule has 0 radical (unpaired) electrons. The van der Waals surface area contributed by atoms with Crippen molar-refractivity contribution in [1.29, 1.82) is 0 Å². The molecular formula is C29H26F4N4O4S. The lowest BCUT2D eigenvalue weighted by Crippen LogP contribution is -2.45. The van der Waals surface area contributed by atoms with Gasteiger partial charge in [0.15, 0.2) is 10.9 Å². The van der Waals surface area contributed by atoms with E-state index in [2.05, 4.69) is 19.8 Å². The van der Waals surface area contributed by atoms with Crippen molar-refractivity contribution < 1.29 is 36.4 Å². The molecule has 8 nitrogen and oxygen atoms in total. The number of alkyl halides is 3. The molecule has 2 saturated heterocycles. The average molecular weight is 603 g/mol. The number of nitrogens with zero attached hydrogens (tertiary/aromatic N) is 3. The van der Waals surface area contributed by atoms with E-state index < -0.39 is 18.1 Å². The molecule has 4 aromatic rings. The van der Waals surface area contributed by atoms with Crippen LogP contribution in [0, 0.1) is 5.82 Å². The van der Waals surface area contributed by atoms with E-state index in [4.69, 9.17) is 15.0 Å². The summed E-state index contributed by atoms with van der Waals surface area (Å²) in [6, 6.07) is 8.86. The summed E-state index contributed by atoms with van der Waals surface area (Å²) < 4.78 is 70.9. The predicted octanol–water partition coefficient (Wildman–Crippen LogP) is 6.68. The van der Waals surface area contributed by atoms with Crippen molar-refractivity contribution in [2.45, 2.75) is 75.6 Å². The van der Waals surface area contributed by atoms with Crippen LogP contribution in [0.4, 0.5) is 22.7 Å². The van der Waals surface area contributed by atoms with Crippen LogP contribution < -0.4 is 15.4 Å². The molecule has 220 valence electrons. The molecule has 2 atom stereocenters. The minimum absolute atomic E-state index is 0.0946. The number of fused-ring (bicyclic) bond motifs is 3. The topological polar surface area (TPSA) is 104 Å². The average Bonchev–Trinajstić information content (AvgIpc) is 3.45. The van der Waals surface area contributed by atoms with Crippen molar-refractivity contribution in [1.82, 2.24) is 10.1 Å². The lowest BCUT2D eigenvalue weighted by Gasteiger charge is -2.38. The lowest BCUT2D eigenvalue weighted by atomic mass is 10.00. The zero-order valence-corrected chi connectivity index (χ0v) is 23.0. The predicted molar refractivity (Wildman–Crippen MR) is 146 cm³/mol. The Labute approximate surface area is 241 Å². The minimum atomic E-state index is -4.84. The van der Waals surface area contributed by atoms with E-state index in [9.17, 15) is 22.4 Å². The summed E-state index contributed by atoms with van der Waals surface area (Å²) in [7, 11) is 0. The number of benzene rings is 2. The molecule has 7 rings (SSSR count). The van der Waals surface area contributed by atoms with Crippen LogP contribution >= 0.6 is 11.3 Å². The smallest absolute Gasteiger partial charge is 0.405 e. The molecule has 2 N–H and O–H groups in total. The second kappa shape index (κ2) is 10.2. The fraction of sp³-hybridized carbons (Fsp3) is 0.414. The fourth-order valence-electron chi connectivity index (χ4n) is 6.22. The number of aromatic nitrogens is 2. The van der Waals surface area contributed by atoms with Gasteiger partial charge in [0.25, 0.3) is 0 Å². The van der Waals surface area contributed by atoms with Crippen LogP contribution in [0.1, 0.15) is 66.1 Å². The number of para-hydroxylation sites is 1. The van der Waals surface area contributed by atoms with Gasteiger partial charge in [0, 0.05) is 34.7 Å². The highest BCUT2D eigenvalue weighted by Crippen LogP contribution is 2.47. The Morgan fingerprint density at radius 3 is 2.55 bits per heavy atom. The van der Waals surface area contributed by atoms with Gasteiger partial charge in [0.1, 0.15) is 22.7 Å². The number of piperidine rings is 1. The lowest BCUT2D eigenvalue weighted by molar-refractivity contribution is -0.274. The quantitative estimate of drug-likeness (QED) is 0.224. The summed E-state index contributed by atoms with van der Waals surface area (Å²) in [5.74, 6) is -0.788. The highest BCUT2D eigenvalue weighted by molar-refractivity contribution is 7.22. The molecule has 2 aromatic heterocycles. The van der Waals surface area contributed by atoms with Crippen molar-refractivity contribution in [3.8, 4) is 17.0 Å². The third-order valence-corrected chi connectivity index (χ3v) is 9.25. The molecule has 42 heavy (non-hydrogen) atoms. The standard InChI is InChI=1S/C29H26F4N4O4S/c30-21-9-15(27(34)38)10-23-25(21)35-28(42-23)37-16-7-8-17(37)12-18(11-16)39-13-20-24(36-41-26(20)14-5-6-14)19-3-1-2-4-22(19)40-29(31,32)33/h1-4,9-10,14,16-18H,5-8,11-13H2,(H2,34,38)/t16-,17-/m0/s1. The van der Waals surface area contributed by atoms with Crippen molar-refractivity contribution in [3.63, 3.8) is 0 Å². The molecule has 2 aromatic carbocycles. The van der Waals surface area contributed by atoms with E-state index in [1.807, 2.05) is 0 Å². The Morgan fingerprint density at radius 1 is 1.12 bits per heavy atom. The van der Waals surface area contributed by atoms with E-state index in [0.717, 1.165) is 31.7 Å². The highest BCUT2D eigenvalue weighted by Gasteiger charge is 2.43.